The van der Waals surface area contributed by atoms with Gasteiger partial charge in [-0.3, -0.25) is 9.59 Å². The lowest BCUT2D eigenvalue weighted by molar-refractivity contribution is -0.118. The van der Waals surface area contributed by atoms with Crippen LogP contribution in [0.15, 0.2) is 41.0 Å². The Bertz CT molecular complexity index is 696. The summed E-state index contributed by atoms with van der Waals surface area (Å²) >= 11 is 5.96. The number of carbonyl (C=O) groups excluding carboxylic acids is 2. The largest absolute Gasteiger partial charge is 0.459 e. The minimum atomic E-state index is -0.689. The Labute approximate surface area is 140 Å². The molecule has 0 aliphatic heterocycles. The van der Waals surface area contributed by atoms with Crippen LogP contribution in [0, 0.1) is 12.8 Å². The Morgan fingerprint density at radius 3 is 2.57 bits per heavy atom. The number of halogens is 1. The van der Waals surface area contributed by atoms with Gasteiger partial charge in [0.15, 0.2) is 5.76 Å². The van der Waals surface area contributed by atoms with E-state index < -0.39 is 11.9 Å². The second-order valence-electron chi connectivity index (χ2n) is 5.62. The predicted octanol–water partition coefficient (Wildman–Crippen LogP) is 3.63. The zero-order chi connectivity index (χ0) is 17.0. The van der Waals surface area contributed by atoms with Crippen molar-refractivity contribution < 1.29 is 14.0 Å². The summed E-state index contributed by atoms with van der Waals surface area (Å²) in [4.78, 5) is 24.6. The quantitative estimate of drug-likeness (QED) is 0.877. The topological polar surface area (TPSA) is 71.3 Å². The van der Waals surface area contributed by atoms with Crippen LogP contribution >= 0.6 is 11.6 Å². The summed E-state index contributed by atoms with van der Waals surface area (Å²) in [6.07, 6.45) is 1.41. The van der Waals surface area contributed by atoms with Crippen LogP contribution in [0.1, 0.15) is 30.0 Å². The number of hydrogen-bond donors (Lipinski definition) is 2. The zero-order valence-electron chi connectivity index (χ0n) is 13.2. The predicted molar refractivity (Wildman–Crippen MR) is 89.6 cm³/mol. The van der Waals surface area contributed by atoms with Crippen LogP contribution in [0.2, 0.25) is 5.02 Å². The average Bonchev–Trinajstić information content (AvgIpc) is 3.02. The lowest BCUT2D eigenvalue weighted by Gasteiger charge is -2.21. The Hall–Kier alpha value is -2.27. The Balaban J connectivity index is 2.12. The van der Waals surface area contributed by atoms with E-state index in [0.29, 0.717) is 10.7 Å². The first kappa shape index (κ1) is 17.1. The molecule has 0 bridgehead atoms. The summed E-state index contributed by atoms with van der Waals surface area (Å²) < 4.78 is 5.05. The summed E-state index contributed by atoms with van der Waals surface area (Å²) in [5.74, 6) is -0.646. The van der Waals surface area contributed by atoms with Gasteiger partial charge in [0.2, 0.25) is 5.91 Å². The standard InChI is InChI=1S/C17H19ClN2O3/c1-10(2)15(20-16(21)14-5-4-8-23-14)17(22)19-13-9-12(18)7-6-11(13)3/h4-10,15H,1-3H3,(H,19,22)(H,20,21)/t15-/m0/s1. The maximum Gasteiger partial charge on any atom is 0.287 e. The number of furan rings is 1. The van der Waals surface area contributed by atoms with E-state index in [1.807, 2.05) is 26.8 Å². The van der Waals surface area contributed by atoms with Gasteiger partial charge >= 0.3 is 0 Å². The molecule has 0 spiro atoms. The average molecular weight is 335 g/mol. The van der Waals surface area contributed by atoms with Gasteiger partial charge < -0.3 is 15.1 Å². The highest BCUT2D eigenvalue weighted by molar-refractivity contribution is 6.31. The highest BCUT2D eigenvalue weighted by atomic mass is 35.5. The first-order valence-corrected chi connectivity index (χ1v) is 7.67. The second-order valence-corrected chi connectivity index (χ2v) is 6.06. The molecule has 0 saturated carbocycles. The van der Waals surface area contributed by atoms with Gasteiger partial charge in [-0.2, -0.15) is 0 Å². The number of carbonyl (C=O) groups is 2. The molecule has 0 fully saturated rings. The lowest BCUT2D eigenvalue weighted by atomic mass is 10.0. The number of benzene rings is 1. The van der Waals surface area contributed by atoms with Crippen molar-refractivity contribution in [1.82, 2.24) is 5.32 Å². The molecule has 0 radical (unpaired) electrons. The monoisotopic (exact) mass is 334 g/mol. The number of aryl methyl sites for hydroxylation is 1. The van der Waals surface area contributed by atoms with E-state index in [4.69, 9.17) is 16.0 Å². The second kappa shape index (κ2) is 7.33. The van der Waals surface area contributed by atoms with Crippen LogP contribution in [0.25, 0.3) is 0 Å². The van der Waals surface area contributed by atoms with Crippen molar-refractivity contribution in [3.63, 3.8) is 0 Å². The van der Waals surface area contributed by atoms with Gasteiger partial charge in [0, 0.05) is 10.7 Å². The molecule has 23 heavy (non-hydrogen) atoms. The van der Waals surface area contributed by atoms with Gasteiger partial charge in [0.1, 0.15) is 6.04 Å². The number of anilines is 1. The molecule has 1 aromatic carbocycles. The van der Waals surface area contributed by atoms with Crippen molar-refractivity contribution in [3.8, 4) is 0 Å². The molecule has 1 heterocycles. The maximum atomic E-state index is 12.5. The lowest BCUT2D eigenvalue weighted by Crippen LogP contribution is -2.47. The minimum absolute atomic E-state index is 0.0894. The summed E-state index contributed by atoms with van der Waals surface area (Å²) in [5, 5.41) is 6.04. The molecule has 0 saturated heterocycles. The Kier molecular flexibility index (Phi) is 5.45. The van der Waals surface area contributed by atoms with Crippen molar-refractivity contribution in [3.05, 3.63) is 52.9 Å². The van der Waals surface area contributed by atoms with Crippen LogP contribution in [-0.2, 0) is 4.79 Å². The van der Waals surface area contributed by atoms with E-state index in [9.17, 15) is 9.59 Å². The van der Waals surface area contributed by atoms with Gasteiger partial charge in [-0.15, -0.1) is 0 Å². The number of rotatable bonds is 5. The molecular formula is C17H19ClN2O3. The van der Waals surface area contributed by atoms with Crippen LogP contribution in [-0.4, -0.2) is 17.9 Å². The first-order chi connectivity index (χ1) is 10.9. The van der Waals surface area contributed by atoms with Crippen molar-refractivity contribution in [2.75, 3.05) is 5.32 Å². The van der Waals surface area contributed by atoms with Crippen molar-refractivity contribution in [2.45, 2.75) is 26.8 Å². The van der Waals surface area contributed by atoms with Crippen molar-refractivity contribution in [2.24, 2.45) is 5.92 Å². The summed E-state index contributed by atoms with van der Waals surface area (Å²) in [7, 11) is 0. The van der Waals surface area contributed by atoms with Crippen LogP contribution in [0.4, 0.5) is 5.69 Å². The SMILES string of the molecule is Cc1ccc(Cl)cc1NC(=O)[C@@H](NC(=O)c1ccco1)C(C)C. The normalized spacial score (nSPS) is 12.0. The van der Waals surface area contributed by atoms with Gasteiger partial charge in [-0.1, -0.05) is 31.5 Å². The van der Waals surface area contributed by atoms with Crippen LogP contribution in [0.3, 0.4) is 0 Å². The fourth-order valence-corrected chi connectivity index (χ4v) is 2.27. The number of hydrogen-bond acceptors (Lipinski definition) is 3. The third kappa shape index (κ3) is 4.36. The third-order valence-electron chi connectivity index (χ3n) is 3.44. The smallest absolute Gasteiger partial charge is 0.287 e. The van der Waals surface area contributed by atoms with Crippen LogP contribution in [0.5, 0.6) is 0 Å². The molecule has 5 nitrogen and oxygen atoms in total. The molecule has 2 rings (SSSR count). The van der Waals surface area contributed by atoms with E-state index >= 15 is 0 Å². The molecule has 0 aliphatic rings. The fraction of sp³-hybridized carbons (Fsp3) is 0.294. The van der Waals surface area contributed by atoms with Gasteiger partial charge in [0.05, 0.1) is 6.26 Å². The van der Waals surface area contributed by atoms with E-state index in [1.54, 1.807) is 24.3 Å². The molecule has 1 atom stereocenters. The highest BCUT2D eigenvalue weighted by Crippen LogP contribution is 2.21. The van der Waals surface area contributed by atoms with Crippen molar-refractivity contribution in [1.29, 1.82) is 0 Å². The third-order valence-corrected chi connectivity index (χ3v) is 3.67. The molecule has 1 aromatic heterocycles. The number of nitrogens with one attached hydrogen (secondary N) is 2. The molecule has 2 N–H and O–H groups in total. The summed E-state index contributed by atoms with van der Waals surface area (Å²) in [6, 6.07) is 7.74. The molecule has 122 valence electrons. The van der Waals surface area contributed by atoms with Gasteiger partial charge in [-0.25, -0.2) is 0 Å². The molecule has 0 unspecified atom stereocenters. The highest BCUT2D eigenvalue weighted by Gasteiger charge is 2.26. The molecular weight excluding hydrogens is 316 g/mol. The van der Waals surface area contributed by atoms with E-state index in [-0.39, 0.29) is 17.6 Å². The number of amides is 2. The minimum Gasteiger partial charge on any atom is -0.459 e. The first-order valence-electron chi connectivity index (χ1n) is 7.30. The van der Waals surface area contributed by atoms with E-state index in [1.165, 1.54) is 6.26 Å². The fourth-order valence-electron chi connectivity index (χ4n) is 2.09. The Morgan fingerprint density at radius 1 is 1.22 bits per heavy atom. The maximum absolute atomic E-state index is 12.5. The molecule has 0 aliphatic carbocycles. The van der Waals surface area contributed by atoms with E-state index in [0.717, 1.165) is 5.56 Å². The van der Waals surface area contributed by atoms with Gasteiger partial charge in [-0.05, 0) is 42.7 Å². The zero-order valence-corrected chi connectivity index (χ0v) is 14.0. The van der Waals surface area contributed by atoms with Crippen LogP contribution < -0.4 is 10.6 Å². The Morgan fingerprint density at radius 2 is 1.96 bits per heavy atom. The van der Waals surface area contributed by atoms with E-state index in [2.05, 4.69) is 10.6 Å². The molecule has 2 amide bonds. The molecule has 6 heteroatoms. The van der Waals surface area contributed by atoms with Crippen molar-refractivity contribution >= 4 is 29.1 Å². The van der Waals surface area contributed by atoms with Gasteiger partial charge in [0.25, 0.3) is 5.91 Å². The summed E-state index contributed by atoms with van der Waals surface area (Å²) in [6.45, 7) is 5.59. The summed E-state index contributed by atoms with van der Waals surface area (Å²) in [5.41, 5.74) is 1.52. The molecule has 2 aromatic rings.